The Labute approximate surface area is 803 Å². The summed E-state index contributed by atoms with van der Waals surface area (Å²) in [4.78, 5) is 71.2. The molecular formula is C100H106F18N4O20. The van der Waals surface area contributed by atoms with E-state index in [2.05, 4.69) is 0 Å². The minimum Gasteiger partial charge on any atom is -0.493 e. The quantitative estimate of drug-likeness (QED) is 0.0164. The van der Waals surface area contributed by atoms with Gasteiger partial charge in [-0.1, -0.05) is 132 Å². The molecule has 772 valence electrons. The van der Waals surface area contributed by atoms with Crippen molar-refractivity contribution in [3.05, 3.63) is 249 Å². The lowest BCUT2D eigenvalue weighted by Crippen LogP contribution is -2.33. The van der Waals surface area contributed by atoms with Crippen LogP contribution in [0.4, 0.5) is 102 Å². The van der Waals surface area contributed by atoms with Crippen LogP contribution in [0.2, 0.25) is 0 Å². The average molecular weight is 2030 g/mol. The third-order valence-corrected chi connectivity index (χ3v) is 24.7. The Bertz CT molecular complexity index is 5870. The molecule has 0 saturated carbocycles. The van der Waals surface area contributed by atoms with Crippen LogP contribution in [0.15, 0.2) is 97.1 Å². The Morgan fingerprint density at radius 1 is 0.268 bits per heavy atom. The number of non-ortho nitro benzene ring substituents is 4. The molecule has 2 spiro atoms. The first-order chi connectivity index (χ1) is 65.5. The smallest absolute Gasteiger partial charge is 0.389 e. The summed E-state index contributed by atoms with van der Waals surface area (Å²) in [5.41, 5.74) is -4.74. The SMILES string of the molecule is CC(C)(C)c1cc2c(OCC(=O)O)c(c1)Cc1cc(C(C)(C)C)cc(c1OCCCC(F)(F)F)C1(Cc3cc(C(C)(C)C)cc1c3OCCCC(F)(F)F)c1cc(C(C)(C)C)cc(c1OCCCC(F)(F)F)C2.O=C(O)COc1c2cc([N+](=O)[O-])cc1Cc1cc([N+](=O)[O-])cc(c1OCCCC(F)(F)F)C1(Cc3cc([N+](=O)[O-])cc1c3OCCCC(F)(F)F)c1cc([N+](=O)[O-])cc(c1OCCCC(F)(F)F)C2. The predicted octanol–water partition coefficient (Wildman–Crippen LogP) is 26.2. The second kappa shape index (κ2) is 41.8. The fourth-order valence-electron chi connectivity index (χ4n) is 18.1. The maximum atomic E-state index is 13.9. The number of alkyl halides is 18. The van der Waals surface area contributed by atoms with Gasteiger partial charge in [0.1, 0.15) is 46.0 Å². The number of nitro benzene ring substituents is 4. The molecule has 24 nitrogen and oxygen atoms in total. The van der Waals surface area contributed by atoms with Gasteiger partial charge in [0.05, 0.1) is 70.2 Å². The number of carbonyl (C=O) groups is 2. The minimum absolute atomic E-state index is 0.0566. The van der Waals surface area contributed by atoms with E-state index < -0.39 is 281 Å². The summed E-state index contributed by atoms with van der Waals surface area (Å²) < 4.78 is 295. The van der Waals surface area contributed by atoms with Crippen LogP contribution in [0.5, 0.6) is 46.0 Å². The Kier molecular flexibility index (Phi) is 32.3. The van der Waals surface area contributed by atoms with Crippen LogP contribution in [0.1, 0.15) is 271 Å². The normalized spacial score (nSPS) is 14.4. The van der Waals surface area contributed by atoms with Gasteiger partial charge in [-0.15, -0.1) is 0 Å². The van der Waals surface area contributed by atoms with E-state index in [4.69, 9.17) is 37.9 Å². The molecule has 0 unspecified atom stereocenters. The van der Waals surface area contributed by atoms with Crippen molar-refractivity contribution < 1.29 is 156 Å². The second-order valence-corrected chi connectivity index (χ2v) is 39.9. The summed E-state index contributed by atoms with van der Waals surface area (Å²) >= 11 is 0. The van der Waals surface area contributed by atoms with Crippen molar-refractivity contribution in [3.8, 4) is 46.0 Å². The largest absolute Gasteiger partial charge is 0.493 e. The van der Waals surface area contributed by atoms with Gasteiger partial charge in [-0.3, -0.25) is 40.5 Å². The van der Waals surface area contributed by atoms with Gasteiger partial charge in [0.25, 0.3) is 22.7 Å². The van der Waals surface area contributed by atoms with Crippen LogP contribution < -0.4 is 37.9 Å². The van der Waals surface area contributed by atoms with Crippen molar-refractivity contribution in [1.82, 2.24) is 0 Å². The van der Waals surface area contributed by atoms with Gasteiger partial charge < -0.3 is 48.1 Å². The van der Waals surface area contributed by atoms with Crippen molar-refractivity contribution in [1.29, 1.82) is 0 Å². The number of aliphatic carboxylic acids is 2. The van der Waals surface area contributed by atoms with Crippen molar-refractivity contribution in [2.75, 3.05) is 52.9 Å². The fraction of sp³-hybridized carbons (Fsp3) is 0.500. The Morgan fingerprint density at radius 2 is 0.437 bits per heavy atom. The Balaban J connectivity index is 0.000000272. The molecule has 0 saturated heterocycles. The summed E-state index contributed by atoms with van der Waals surface area (Å²) in [6, 6.07) is 22.4. The summed E-state index contributed by atoms with van der Waals surface area (Å²) in [6.07, 6.45) is -40.9. The van der Waals surface area contributed by atoms with E-state index in [1.54, 1.807) is 0 Å². The first-order valence-electron chi connectivity index (χ1n) is 45.4. The number of ether oxygens (including phenoxy) is 8. The molecule has 0 amide bonds. The van der Waals surface area contributed by atoms with Crippen LogP contribution in [0, 0.1) is 40.5 Å². The third kappa shape index (κ3) is 26.9. The fourth-order valence-corrected chi connectivity index (χ4v) is 18.1. The van der Waals surface area contributed by atoms with E-state index >= 15 is 0 Å². The monoisotopic (exact) mass is 2020 g/mol. The summed E-state index contributed by atoms with van der Waals surface area (Å²) in [6.45, 7) is 18.7. The molecule has 4 aliphatic rings. The number of nitro groups is 4. The van der Waals surface area contributed by atoms with Gasteiger partial charge in [-0.05, 0) is 123 Å². The number of benzene rings is 8. The molecule has 0 atom stereocenters. The van der Waals surface area contributed by atoms with Gasteiger partial charge in [0.2, 0.25) is 0 Å². The molecular weight excluding hydrogens is 1920 g/mol. The van der Waals surface area contributed by atoms with Crippen molar-refractivity contribution >= 4 is 34.7 Å². The maximum Gasteiger partial charge on any atom is 0.389 e. The van der Waals surface area contributed by atoms with E-state index in [0.717, 1.165) is 70.8 Å². The molecule has 4 aliphatic carbocycles. The number of carboxylic acids is 2. The molecule has 12 rings (SSSR count). The van der Waals surface area contributed by atoms with Crippen LogP contribution in [0.25, 0.3) is 0 Å². The van der Waals surface area contributed by atoms with Crippen LogP contribution in [-0.4, -0.2) is 132 Å². The van der Waals surface area contributed by atoms with Gasteiger partial charge in [-0.2, -0.15) is 79.0 Å². The number of nitrogens with zero attached hydrogens (tertiary/aromatic N) is 4. The highest BCUT2D eigenvalue weighted by Crippen LogP contribution is 2.64. The highest BCUT2D eigenvalue weighted by molar-refractivity contribution is 5.78. The molecule has 0 radical (unpaired) electrons. The first-order valence-corrected chi connectivity index (χ1v) is 45.4. The molecule has 8 aromatic rings. The number of hydrogen-bond donors (Lipinski definition) is 2. The van der Waals surface area contributed by atoms with Crippen molar-refractivity contribution in [3.63, 3.8) is 0 Å². The van der Waals surface area contributed by atoms with E-state index in [9.17, 15) is 139 Å². The van der Waals surface area contributed by atoms with Crippen molar-refractivity contribution in [2.45, 2.75) is 268 Å². The van der Waals surface area contributed by atoms with E-state index in [-0.39, 0.29) is 96.3 Å². The van der Waals surface area contributed by atoms with Gasteiger partial charge in [0.15, 0.2) is 13.2 Å². The summed E-state index contributed by atoms with van der Waals surface area (Å²) in [5, 5.41) is 70.4. The van der Waals surface area contributed by atoms with Crippen molar-refractivity contribution in [2.24, 2.45) is 0 Å². The Hall–Kier alpha value is -12.6. The molecule has 2 N–H and O–H groups in total. The van der Waals surface area contributed by atoms with E-state index in [1.807, 2.05) is 132 Å². The highest BCUT2D eigenvalue weighted by Gasteiger charge is 2.55. The molecule has 42 heteroatoms. The standard InChI is InChI=1S/C58H71F9O6.C42H35F9N4O14/c1-51(2,3)39-24-34-22-36-26-40(52(4,5)6)29-43(48(36)70-19-13-16-56(59,60)61)55(32-38-28-42(54(10,11)12)31-45(55)50(38)72-21-15-18-58(65,66)67)44-30-41(53(7,8)9)27-37(49(44)71-20-14-17-57(62,63)64)23-35(25-39)47(34)73-33-46(68)69;43-40(44,45)4-1-7-66-36-24-10-22-12-27(52(58)59)13-23(35(22)69-21-34(56)57)11-25-15-29(54(62)63)18-32(37(25)67-8-2-5-41(46,47)48)39(31(36)17-28(14-24)53(60)61)20-26-16-30(55(64)65)19-33(39)38(26)68-9-3-6-42(49,50)51/h24-31H,13-23,32-33H2,1-12H3,(H,68,69);12-19H,1-11,20-21H2,(H,56,57). The molecule has 0 aromatic heterocycles. The molecule has 0 heterocycles. The average Bonchev–Trinajstić information content (AvgIpc) is 1.52. The van der Waals surface area contributed by atoms with Gasteiger partial charge in [0, 0.05) is 174 Å². The number of fused-ring (bicyclic) bond motifs is 22. The molecule has 142 heavy (non-hydrogen) atoms. The number of halogens is 18. The third-order valence-electron chi connectivity index (χ3n) is 24.7. The van der Waals surface area contributed by atoms with Crippen LogP contribution in [0.3, 0.4) is 0 Å². The zero-order valence-corrected chi connectivity index (χ0v) is 79.5. The van der Waals surface area contributed by atoms with Gasteiger partial charge in [-0.25, -0.2) is 9.59 Å². The number of rotatable bonds is 34. The Morgan fingerprint density at radius 3 is 0.648 bits per heavy atom. The number of carboxylic acid groups (broad SMARTS) is 2. The predicted molar refractivity (Wildman–Crippen MR) is 482 cm³/mol. The maximum absolute atomic E-state index is 13.9. The topological polar surface area (TPSA) is 321 Å². The second-order valence-electron chi connectivity index (χ2n) is 39.9. The molecule has 8 aromatic carbocycles. The molecule has 0 aliphatic heterocycles. The lowest BCUT2D eigenvalue weighted by Gasteiger charge is -2.39. The van der Waals surface area contributed by atoms with E-state index in [1.165, 1.54) is 0 Å². The highest BCUT2D eigenvalue weighted by atomic mass is 19.4. The van der Waals surface area contributed by atoms with Crippen LogP contribution >= 0.6 is 0 Å². The lowest BCUT2D eigenvalue weighted by atomic mass is 9.65. The van der Waals surface area contributed by atoms with Gasteiger partial charge >= 0.3 is 49.0 Å². The zero-order chi connectivity index (χ0) is 105. The zero-order valence-electron chi connectivity index (χ0n) is 79.5. The summed E-state index contributed by atoms with van der Waals surface area (Å²) in [7, 11) is 0. The van der Waals surface area contributed by atoms with E-state index in [0.29, 0.717) is 50.3 Å². The first kappa shape index (κ1) is 110. The molecule has 0 fully saturated rings. The molecule has 16 bridgehead atoms. The lowest BCUT2D eigenvalue weighted by molar-refractivity contribution is -0.385. The van der Waals surface area contributed by atoms with Crippen LogP contribution in [-0.2, 0) is 80.6 Å². The number of hydrogen-bond acceptors (Lipinski definition) is 18. The minimum atomic E-state index is -4.77. The summed E-state index contributed by atoms with van der Waals surface area (Å²) in [5.74, 6) is -3.83.